The highest BCUT2D eigenvalue weighted by molar-refractivity contribution is 9.11. The number of nitrogens with one attached hydrogen (secondary N) is 2. The van der Waals surface area contributed by atoms with Crippen LogP contribution in [0.2, 0.25) is 0 Å². The van der Waals surface area contributed by atoms with Gasteiger partial charge in [-0.1, -0.05) is 25.5 Å². The van der Waals surface area contributed by atoms with Crippen molar-refractivity contribution in [3.8, 4) is 11.5 Å². The Kier molecular flexibility index (Phi) is 18.8. The van der Waals surface area contributed by atoms with E-state index in [1.165, 1.54) is 6.42 Å². The van der Waals surface area contributed by atoms with E-state index < -0.39 is 23.7 Å². The number of alkyl halides is 3. The van der Waals surface area contributed by atoms with E-state index >= 15 is 0 Å². The molecule has 0 amide bonds. The SMILES string of the molecule is CC(C)Nc1cc(COc2c(Br)cc(CCC(=O)O)cc2Br)cc(C(F)(F)F)c1.CCCCNc1cccc(COc2c(Br)cc(CCC(=O)O)cc2Br)c1. The van der Waals surface area contributed by atoms with Crippen LogP contribution < -0.4 is 20.1 Å². The van der Waals surface area contributed by atoms with Crippen molar-refractivity contribution in [2.75, 3.05) is 17.2 Å². The molecule has 0 aromatic heterocycles. The summed E-state index contributed by atoms with van der Waals surface area (Å²) >= 11 is 13.8. The van der Waals surface area contributed by atoms with Gasteiger partial charge in [0.15, 0.2) is 0 Å². The number of unbranched alkanes of at least 4 members (excludes halogenated alkanes) is 1. The van der Waals surface area contributed by atoms with Gasteiger partial charge in [-0.3, -0.25) is 9.59 Å². The highest BCUT2D eigenvalue weighted by Gasteiger charge is 2.31. The number of hydrogen-bond acceptors (Lipinski definition) is 6. The second kappa shape index (κ2) is 22.5. The summed E-state index contributed by atoms with van der Waals surface area (Å²) in [5, 5.41) is 24.0. The van der Waals surface area contributed by atoms with Gasteiger partial charge in [-0.15, -0.1) is 0 Å². The maximum atomic E-state index is 13.2. The van der Waals surface area contributed by atoms with Crippen molar-refractivity contribution < 1.29 is 42.4 Å². The fraction of sp³-hybridized carbons (Fsp3) is 0.350. The highest BCUT2D eigenvalue weighted by Crippen LogP contribution is 2.38. The number of carboxylic acids is 2. The van der Waals surface area contributed by atoms with Crippen LogP contribution in [-0.2, 0) is 41.8 Å². The molecule has 0 saturated carbocycles. The molecule has 4 aromatic rings. The van der Waals surface area contributed by atoms with Gasteiger partial charge in [-0.2, -0.15) is 13.2 Å². The number of aliphatic carboxylic acids is 2. The van der Waals surface area contributed by atoms with Gasteiger partial charge in [0.1, 0.15) is 24.7 Å². The largest absolute Gasteiger partial charge is 0.487 e. The maximum Gasteiger partial charge on any atom is 0.416 e. The Balaban J connectivity index is 0.000000297. The summed E-state index contributed by atoms with van der Waals surface area (Å²) in [4.78, 5) is 21.5. The summed E-state index contributed by atoms with van der Waals surface area (Å²) in [6.07, 6.45) is -1.21. The molecule has 55 heavy (non-hydrogen) atoms. The second-order valence-corrected chi connectivity index (χ2v) is 16.3. The van der Waals surface area contributed by atoms with Crippen LogP contribution in [0.15, 0.2) is 84.6 Å². The molecule has 0 bridgehead atoms. The van der Waals surface area contributed by atoms with Crippen molar-refractivity contribution in [2.45, 2.75) is 84.7 Å². The zero-order valence-corrected chi connectivity index (χ0v) is 36.8. The third kappa shape index (κ3) is 16.4. The fourth-order valence-corrected chi connectivity index (χ4v) is 8.16. The van der Waals surface area contributed by atoms with Crippen molar-refractivity contribution >= 4 is 87.0 Å². The van der Waals surface area contributed by atoms with E-state index in [0.29, 0.717) is 51.1 Å². The molecule has 4 rings (SSSR count). The first-order valence-electron chi connectivity index (χ1n) is 17.4. The van der Waals surface area contributed by atoms with E-state index in [2.05, 4.69) is 93.4 Å². The average Bonchev–Trinajstić information content (AvgIpc) is 3.09. The Morgan fingerprint density at radius 1 is 0.709 bits per heavy atom. The van der Waals surface area contributed by atoms with Crippen molar-refractivity contribution in [3.63, 3.8) is 0 Å². The highest BCUT2D eigenvalue weighted by atomic mass is 79.9. The minimum atomic E-state index is -4.46. The Bertz CT molecular complexity index is 1860. The third-order valence-electron chi connectivity index (χ3n) is 7.70. The summed E-state index contributed by atoms with van der Waals surface area (Å²) in [5.74, 6) is -0.550. The maximum absolute atomic E-state index is 13.2. The standard InChI is InChI=1S/C20H20Br2F3NO3.C20H23Br2NO3/c1-11(2)26-15-6-13(5-14(9-15)20(23,24)25)10-29-19-16(21)7-12(8-17(19)22)3-4-18(27)28;1-2-3-9-23-16-6-4-5-15(10-16)13-26-20-17(21)11-14(12-18(20)22)7-8-19(24)25/h5-9,11,26H,3-4,10H2,1-2H3,(H,27,28);4-6,10-12,23H,2-3,7-9,13H2,1H3,(H,24,25). The Morgan fingerprint density at radius 3 is 1.65 bits per heavy atom. The summed E-state index contributed by atoms with van der Waals surface area (Å²) in [6.45, 7) is 7.22. The van der Waals surface area contributed by atoms with Crippen LogP contribution in [0.3, 0.4) is 0 Å². The normalized spacial score (nSPS) is 11.1. The molecule has 0 radical (unpaired) electrons. The second-order valence-electron chi connectivity index (χ2n) is 12.8. The Hall–Kier alpha value is -3.27. The van der Waals surface area contributed by atoms with Crippen LogP contribution in [-0.4, -0.2) is 34.7 Å². The van der Waals surface area contributed by atoms with E-state index in [0.717, 1.165) is 56.4 Å². The molecular weight excluding hydrogens is 981 g/mol. The lowest BCUT2D eigenvalue weighted by molar-refractivity contribution is -0.138. The first kappa shape index (κ1) is 46.1. The number of benzene rings is 4. The van der Waals surface area contributed by atoms with Crippen LogP contribution in [0.25, 0.3) is 0 Å². The summed E-state index contributed by atoms with van der Waals surface area (Å²) in [5.41, 5.74) is 3.92. The zero-order chi connectivity index (χ0) is 40.7. The Morgan fingerprint density at radius 2 is 1.20 bits per heavy atom. The molecule has 0 aliphatic heterocycles. The number of rotatable bonds is 18. The first-order chi connectivity index (χ1) is 25.9. The third-order valence-corrected chi connectivity index (χ3v) is 10.1. The molecule has 0 aliphatic carbocycles. The van der Waals surface area contributed by atoms with Gasteiger partial charge in [0.25, 0.3) is 0 Å². The molecule has 15 heteroatoms. The van der Waals surface area contributed by atoms with Crippen LogP contribution in [0.4, 0.5) is 24.5 Å². The molecule has 8 nitrogen and oxygen atoms in total. The fourth-order valence-electron chi connectivity index (χ4n) is 5.14. The van der Waals surface area contributed by atoms with E-state index in [1.807, 2.05) is 38.1 Å². The van der Waals surface area contributed by atoms with E-state index in [4.69, 9.17) is 19.7 Å². The number of halogens is 7. The predicted molar refractivity (Wildman–Crippen MR) is 224 cm³/mol. The van der Waals surface area contributed by atoms with Crippen LogP contribution in [0.1, 0.15) is 74.3 Å². The smallest absolute Gasteiger partial charge is 0.416 e. The molecule has 0 spiro atoms. The molecule has 0 fully saturated rings. The molecule has 0 unspecified atom stereocenters. The van der Waals surface area contributed by atoms with Gasteiger partial charge >= 0.3 is 18.1 Å². The average molecular weight is 1020 g/mol. The van der Waals surface area contributed by atoms with Gasteiger partial charge < -0.3 is 30.3 Å². The quantitative estimate of drug-likeness (QED) is 0.0728. The van der Waals surface area contributed by atoms with E-state index in [1.54, 1.807) is 18.2 Å². The number of carbonyl (C=O) groups is 2. The molecule has 0 saturated heterocycles. The molecule has 0 heterocycles. The molecule has 298 valence electrons. The van der Waals surface area contributed by atoms with Crippen molar-refractivity contribution in [1.29, 1.82) is 0 Å². The molecular formula is C40H43Br4F3N2O6. The molecule has 0 atom stereocenters. The summed E-state index contributed by atoms with van der Waals surface area (Å²) < 4.78 is 54.2. The number of ether oxygens (including phenoxy) is 2. The van der Waals surface area contributed by atoms with E-state index in [9.17, 15) is 22.8 Å². The monoisotopic (exact) mass is 1020 g/mol. The predicted octanol–water partition coefficient (Wildman–Crippen LogP) is 12.7. The minimum absolute atomic E-state index is 0.00501. The lowest BCUT2D eigenvalue weighted by Crippen LogP contribution is -2.13. The zero-order valence-electron chi connectivity index (χ0n) is 30.5. The van der Waals surface area contributed by atoms with Gasteiger partial charge in [-0.25, -0.2) is 0 Å². The lowest BCUT2D eigenvalue weighted by Gasteiger charge is -2.17. The summed E-state index contributed by atoms with van der Waals surface area (Å²) in [7, 11) is 0. The van der Waals surface area contributed by atoms with Crippen molar-refractivity contribution in [3.05, 3.63) is 112 Å². The van der Waals surface area contributed by atoms with Gasteiger partial charge in [0, 0.05) is 36.8 Å². The minimum Gasteiger partial charge on any atom is -0.487 e. The molecule has 4 aromatic carbocycles. The number of anilines is 2. The van der Waals surface area contributed by atoms with Crippen molar-refractivity contribution in [2.24, 2.45) is 0 Å². The number of hydrogen-bond donors (Lipinski definition) is 4. The van der Waals surface area contributed by atoms with Crippen LogP contribution >= 0.6 is 63.7 Å². The number of carboxylic acid groups (broad SMARTS) is 2. The topological polar surface area (TPSA) is 117 Å². The van der Waals surface area contributed by atoms with Gasteiger partial charge in [0.2, 0.25) is 0 Å². The summed E-state index contributed by atoms with van der Waals surface area (Å²) in [6, 6.07) is 19.2. The van der Waals surface area contributed by atoms with Gasteiger partial charge in [0.05, 0.1) is 23.5 Å². The lowest BCUT2D eigenvalue weighted by atomic mass is 10.1. The molecule has 4 N–H and O–H groups in total. The van der Waals surface area contributed by atoms with Crippen molar-refractivity contribution in [1.82, 2.24) is 0 Å². The Labute approximate surface area is 353 Å². The first-order valence-corrected chi connectivity index (χ1v) is 20.6. The molecule has 0 aliphatic rings. The van der Waals surface area contributed by atoms with Gasteiger partial charge in [-0.05, 0) is 174 Å². The van der Waals surface area contributed by atoms with E-state index in [-0.39, 0.29) is 25.5 Å². The number of aryl methyl sites for hydroxylation is 2. The van der Waals surface area contributed by atoms with Crippen LogP contribution in [0.5, 0.6) is 11.5 Å². The van der Waals surface area contributed by atoms with Crippen LogP contribution in [0, 0.1) is 0 Å².